The first-order valence-corrected chi connectivity index (χ1v) is 12.9. The molecule has 2 aliphatic heterocycles. The molecule has 7 heteroatoms. The number of carbonyl (C=O) groups is 1. The Kier molecular flexibility index (Phi) is 6.99. The smallest absolute Gasteiger partial charge is 0.243 e. The number of piperidine rings is 1. The third-order valence-corrected chi connectivity index (χ3v) is 8.60. The highest BCUT2D eigenvalue weighted by Gasteiger charge is 2.31. The first kappa shape index (κ1) is 22.3. The first-order chi connectivity index (χ1) is 15.0. The summed E-state index contributed by atoms with van der Waals surface area (Å²) in [5.41, 5.74) is 1.99. The third kappa shape index (κ3) is 4.97. The predicted molar refractivity (Wildman–Crippen MR) is 123 cm³/mol. The number of hydrogen-bond acceptors (Lipinski definition) is 3. The summed E-state index contributed by atoms with van der Waals surface area (Å²) in [7, 11) is -3.42. The molecule has 5 nitrogen and oxygen atoms in total. The van der Waals surface area contributed by atoms with Crippen molar-refractivity contribution in [1.82, 2.24) is 9.21 Å². The molecule has 2 aliphatic rings. The van der Waals surface area contributed by atoms with Crippen LogP contribution in [0.5, 0.6) is 0 Å². The molecule has 4 rings (SSSR count). The zero-order valence-corrected chi connectivity index (χ0v) is 19.2. The highest BCUT2D eigenvalue weighted by atomic mass is 35.5. The minimum Gasteiger partial charge on any atom is -0.336 e. The molecule has 2 fully saturated rings. The van der Waals surface area contributed by atoms with E-state index in [0.29, 0.717) is 35.8 Å². The molecule has 0 saturated carbocycles. The van der Waals surface area contributed by atoms with Crippen LogP contribution in [0, 0.1) is 0 Å². The van der Waals surface area contributed by atoms with E-state index < -0.39 is 10.0 Å². The van der Waals surface area contributed by atoms with Crippen molar-refractivity contribution < 1.29 is 13.2 Å². The molecule has 2 aromatic rings. The monoisotopic (exact) mass is 460 g/mol. The van der Waals surface area contributed by atoms with Gasteiger partial charge in [-0.3, -0.25) is 4.79 Å². The van der Waals surface area contributed by atoms with Crippen molar-refractivity contribution in [3.05, 3.63) is 64.7 Å². The van der Waals surface area contributed by atoms with Crippen molar-refractivity contribution in [2.45, 2.75) is 55.9 Å². The number of nitrogens with zero attached hydrogens (tertiary/aromatic N) is 2. The van der Waals surface area contributed by atoms with Gasteiger partial charge in [0.15, 0.2) is 0 Å². The molecule has 2 saturated heterocycles. The molecule has 2 heterocycles. The van der Waals surface area contributed by atoms with Crippen LogP contribution in [0.25, 0.3) is 0 Å². The van der Waals surface area contributed by atoms with Gasteiger partial charge in [-0.15, -0.1) is 0 Å². The van der Waals surface area contributed by atoms with Gasteiger partial charge >= 0.3 is 0 Å². The van der Waals surface area contributed by atoms with E-state index in [4.69, 9.17) is 11.6 Å². The molecule has 0 bridgehead atoms. The van der Waals surface area contributed by atoms with Gasteiger partial charge in [0.2, 0.25) is 15.9 Å². The zero-order valence-electron chi connectivity index (χ0n) is 17.7. The number of rotatable bonds is 6. The molecule has 31 heavy (non-hydrogen) atoms. The molecule has 0 N–H and O–H groups in total. The van der Waals surface area contributed by atoms with E-state index in [1.54, 1.807) is 16.4 Å². The summed E-state index contributed by atoms with van der Waals surface area (Å²) in [6.07, 6.45) is 5.83. The number of aryl methyl sites for hydroxylation is 1. The Bertz CT molecular complexity index is 1020. The maximum absolute atomic E-state index is 12.9. The quantitative estimate of drug-likeness (QED) is 0.621. The largest absolute Gasteiger partial charge is 0.336 e. The third-order valence-electron chi connectivity index (χ3n) is 6.34. The van der Waals surface area contributed by atoms with Crippen LogP contribution in [-0.4, -0.2) is 43.2 Å². The molecular formula is C24H29ClN2O3S. The Morgan fingerprint density at radius 2 is 1.65 bits per heavy atom. The van der Waals surface area contributed by atoms with Crippen molar-refractivity contribution >= 4 is 27.5 Å². The summed E-state index contributed by atoms with van der Waals surface area (Å²) in [5, 5.41) is 0.706. The minimum absolute atomic E-state index is 0.0401. The van der Waals surface area contributed by atoms with Gasteiger partial charge in [0, 0.05) is 31.1 Å². The van der Waals surface area contributed by atoms with E-state index in [2.05, 4.69) is 0 Å². The molecule has 1 atom stereocenters. The van der Waals surface area contributed by atoms with Gasteiger partial charge in [-0.1, -0.05) is 48.4 Å². The molecule has 0 radical (unpaired) electrons. The molecule has 2 aromatic carbocycles. The van der Waals surface area contributed by atoms with Crippen molar-refractivity contribution in [2.75, 3.05) is 19.6 Å². The Balaban J connectivity index is 1.38. The van der Waals surface area contributed by atoms with Crippen LogP contribution < -0.4 is 0 Å². The molecule has 0 aliphatic carbocycles. The maximum atomic E-state index is 12.9. The lowest BCUT2D eigenvalue weighted by atomic mass is 10.0. The summed E-state index contributed by atoms with van der Waals surface area (Å²) in [5.74, 6) is 0.118. The van der Waals surface area contributed by atoms with Crippen molar-refractivity contribution in [3.8, 4) is 0 Å². The number of hydrogen-bond donors (Lipinski definition) is 0. The van der Waals surface area contributed by atoms with Crippen LogP contribution in [0.2, 0.25) is 5.02 Å². The SMILES string of the molecule is O=C(CCc1ccc(S(=O)(=O)N2CCCCC2)cc1)N1CCCC1c1ccccc1Cl. The molecular weight excluding hydrogens is 432 g/mol. The second-order valence-corrected chi connectivity index (χ2v) is 10.7. The lowest BCUT2D eigenvalue weighted by Crippen LogP contribution is -2.35. The van der Waals surface area contributed by atoms with E-state index in [0.717, 1.165) is 49.8 Å². The lowest BCUT2D eigenvalue weighted by molar-refractivity contribution is -0.132. The highest BCUT2D eigenvalue weighted by molar-refractivity contribution is 7.89. The molecule has 1 amide bonds. The second kappa shape index (κ2) is 9.72. The number of halogens is 1. The molecule has 1 unspecified atom stereocenters. The van der Waals surface area contributed by atoms with E-state index in [1.807, 2.05) is 41.3 Å². The summed E-state index contributed by atoms with van der Waals surface area (Å²) >= 11 is 6.36. The lowest BCUT2D eigenvalue weighted by Gasteiger charge is -2.26. The van der Waals surface area contributed by atoms with Gasteiger partial charge in [0.1, 0.15) is 0 Å². The standard InChI is InChI=1S/C24H29ClN2O3S/c25-22-8-3-2-7-21(22)23-9-6-18-27(23)24(28)15-12-19-10-13-20(14-11-19)31(29,30)26-16-4-1-5-17-26/h2-3,7-8,10-11,13-14,23H,1,4-6,9,12,15-18H2. The summed E-state index contributed by atoms with van der Waals surface area (Å²) in [4.78, 5) is 15.2. The van der Waals surface area contributed by atoms with Crippen molar-refractivity contribution in [3.63, 3.8) is 0 Å². The first-order valence-electron chi connectivity index (χ1n) is 11.1. The normalized spacial score (nSPS) is 20.2. The second-order valence-electron chi connectivity index (χ2n) is 8.38. The summed E-state index contributed by atoms with van der Waals surface area (Å²) in [6, 6.07) is 14.8. The van der Waals surface area contributed by atoms with E-state index in [9.17, 15) is 13.2 Å². The van der Waals surface area contributed by atoms with Crippen LogP contribution >= 0.6 is 11.6 Å². The Hall–Kier alpha value is -1.89. The van der Waals surface area contributed by atoms with Gasteiger partial charge in [-0.05, 0) is 61.4 Å². The van der Waals surface area contributed by atoms with Crippen molar-refractivity contribution in [2.24, 2.45) is 0 Å². The minimum atomic E-state index is -3.42. The Morgan fingerprint density at radius 1 is 0.935 bits per heavy atom. The zero-order chi connectivity index (χ0) is 21.8. The Labute approximate surface area is 190 Å². The number of sulfonamides is 1. The maximum Gasteiger partial charge on any atom is 0.243 e. The Morgan fingerprint density at radius 3 is 2.35 bits per heavy atom. The average molecular weight is 461 g/mol. The van der Waals surface area contributed by atoms with Gasteiger partial charge < -0.3 is 4.90 Å². The fraction of sp³-hybridized carbons (Fsp3) is 0.458. The number of amides is 1. The van der Waals surface area contributed by atoms with Crippen LogP contribution in [0.15, 0.2) is 53.4 Å². The van der Waals surface area contributed by atoms with Gasteiger partial charge in [0.25, 0.3) is 0 Å². The van der Waals surface area contributed by atoms with Crippen LogP contribution in [0.1, 0.15) is 55.7 Å². The number of likely N-dealkylation sites (tertiary alicyclic amines) is 1. The molecule has 0 aromatic heterocycles. The van der Waals surface area contributed by atoms with Crippen molar-refractivity contribution in [1.29, 1.82) is 0 Å². The fourth-order valence-electron chi connectivity index (χ4n) is 4.61. The van der Waals surface area contributed by atoms with Crippen LogP contribution in [0.4, 0.5) is 0 Å². The van der Waals surface area contributed by atoms with E-state index in [1.165, 1.54) is 0 Å². The van der Waals surface area contributed by atoms with Gasteiger partial charge in [-0.25, -0.2) is 8.42 Å². The summed E-state index contributed by atoms with van der Waals surface area (Å²) < 4.78 is 27.2. The van der Waals surface area contributed by atoms with Gasteiger partial charge in [0.05, 0.1) is 10.9 Å². The topological polar surface area (TPSA) is 57.7 Å². The number of benzene rings is 2. The summed E-state index contributed by atoms with van der Waals surface area (Å²) in [6.45, 7) is 1.95. The van der Waals surface area contributed by atoms with E-state index in [-0.39, 0.29) is 11.9 Å². The van der Waals surface area contributed by atoms with Crippen LogP contribution in [-0.2, 0) is 21.2 Å². The fourth-order valence-corrected chi connectivity index (χ4v) is 6.39. The average Bonchev–Trinajstić information content (AvgIpc) is 3.28. The molecule has 166 valence electrons. The highest BCUT2D eigenvalue weighted by Crippen LogP contribution is 2.36. The van der Waals surface area contributed by atoms with E-state index >= 15 is 0 Å². The van der Waals surface area contributed by atoms with Gasteiger partial charge in [-0.2, -0.15) is 4.31 Å². The predicted octanol–water partition coefficient (Wildman–Crippen LogP) is 4.81. The number of carbonyl (C=O) groups excluding carboxylic acids is 1. The molecule has 0 spiro atoms. The van der Waals surface area contributed by atoms with Crippen LogP contribution in [0.3, 0.4) is 0 Å².